The summed E-state index contributed by atoms with van der Waals surface area (Å²) in [6, 6.07) is 13.0. The fourth-order valence-electron chi connectivity index (χ4n) is 3.37. The van der Waals surface area contributed by atoms with Crippen LogP contribution in [0.1, 0.15) is 13.3 Å². The van der Waals surface area contributed by atoms with Crippen molar-refractivity contribution in [3.63, 3.8) is 0 Å². The number of hydrogen-bond donors (Lipinski definition) is 2. The van der Waals surface area contributed by atoms with E-state index in [0.29, 0.717) is 11.4 Å². The van der Waals surface area contributed by atoms with Gasteiger partial charge in [0.25, 0.3) is 0 Å². The van der Waals surface area contributed by atoms with Crippen LogP contribution >= 0.6 is 11.8 Å². The molecule has 1 aromatic heterocycles. The molecule has 8 nitrogen and oxygen atoms in total. The first-order valence-electron chi connectivity index (χ1n) is 9.25. The van der Waals surface area contributed by atoms with Crippen molar-refractivity contribution >= 4 is 35.0 Å². The Morgan fingerprint density at radius 2 is 1.97 bits per heavy atom. The van der Waals surface area contributed by atoms with Crippen molar-refractivity contribution in [1.29, 1.82) is 0 Å². The largest absolute Gasteiger partial charge is 0.335 e. The van der Waals surface area contributed by atoms with E-state index in [-0.39, 0.29) is 46.6 Å². The summed E-state index contributed by atoms with van der Waals surface area (Å²) in [5, 5.41) is 11.1. The molecule has 0 radical (unpaired) electrons. The third-order valence-electron chi connectivity index (χ3n) is 4.73. The molecule has 2 aromatic carbocycles. The molecule has 1 aliphatic heterocycles. The molecule has 2 amide bonds. The van der Waals surface area contributed by atoms with Crippen LogP contribution in [0.4, 0.5) is 15.8 Å². The summed E-state index contributed by atoms with van der Waals surface area (Å²) < 4.78 is 15.2. The summed E-state index contributed by atoms with van der Waals surface area (Å²) in [5.74, 6) is 5.43. The number of nitrogens with two attached hydrogens (primary N) is 1. The minimum Gasteiger partial charge on any atom is -0.335 e. The highest BCUT2D eigenvalue weighted by Crippen LogP contribution is 2.32. The van der Waals surface area contributed by atoms with Gasteiger partial charge in [-0.1, -0.05) is 36.0 Å². The van der Waals surface area contributed by atoms with Gasteiger partial charge in [0, 0.05) is 12.5 Å². The summed E-state index contributed by atoms with van der Waals surface area (Å²) in [6.07, 6.45) is 0.190. The number of anilines is 2. The zero-order valence-corrected chi connectivity index (χ0v) is 16.9. The maximum absolute atomic E-state index is 14.0. The van der Waals surface area contributed by atoms with Crippen molar-refractivity contribution in [1.82, 2.24) is 14.9 Å². The Labute approximate surface area is 176 Å². The number of hydrogen-bond acceptors (Lipinski definition) is 6. The molecule has 2 heterocycles. The van der Waals surface area contributed by atoms with Crippen LogP contribution in [0.2, 0.25) is 0 Å². The SMILES string of the molecule is C[C@@H]1CC(=O)Nc2ccccc2N1C(=O)CSc1nnc(-c2ccccc2F)n1N. The third kappa shape index (κ3) is 3.73. The van der Waals surface area contributed by atoms with Gasteiger partial charge in [0.1, 0.15) is 5.82 Å². The lowest BCUT2D eigenvalue weighted by Gasteiger charge is -2.27. The number of aromatic nitrogens is 3. The Kier molecular flexibility index (Phi) is 5.40. The van der Waals surface area contributed by atoms with Crippen LogP contribution in [-0.2, 0) is 9.59 Å². The van der Waals surface area contributed by atoms with Gasteiger partial charge in [0.15, 0.2) is 5.82 Å². The standard InChI is InChI=1S/C20H19FN6O2S/c1-12-10-17(28)23-15-8-4-5-9-16(15)26(12)18(29)11-30-20-25-24-19(27(20)22)13-6-2-3-7-14(13)21/h2-9,12H,10-11,22H2,1H3,(H,23,28)/t12-/m1/s1. The highest BCUT2D eigenvalue weighted by molar-refractivity contribution is 7.99. The monoisotopic (exact) mass is 426 g/mol. The number of benzene rings is 2. The molecule has 10 heteroatoms. The molecule has 30 heavy (non-hydrogen) atoms. The lowest BCUT2D eigenvalue weighted by molar-refractivity contribution is -0.117. The Morgan fingerprint density at radius 1 is 1.23 bits per heavy atom. The first-order chi connectivity index (χ1) is 14.5. The van der Waals surface area contributed by atoms with E-state index in [4.69, 9.17) is 5.84 Å². The molecule has 1 aliphatic rings. The van der Waals surface area contributed by atoms with E-state index in [1.165, 1.54) is 10.7 Å². The van der Waals surface area contributed by atoms with Crippen molar-refractivity contribution in [2.45, 2.75) is 24.5 Å². The van der Waals surface area contributed by atoms with Crippen LogP contribution in [0.25, 0.3) is 11.4 Å². The lowest BCUT2D eigenvalue weighted by atomic mass is 10.2. The molecule has 0 aliphatic carbocycles. The second kappa shape index (κ2) is 8.15. The van der Waals surface area contributed by atoms with Crippen molar-refractivity contribution in [2.75, 3.05) is 21.8 Å². The van der Waals surface area contributed by atoms with Gasteiger partial charge in [-0.3, -0.25) is 9.59 Å². The number of fused-ring (bicyclic) bond motifs is 1. The lowest BCUT2D eigenvalue weighted by Crippen LogP contribution is -2.40. The minimum absolute atomic E-state index is 0.0273. The van der Waals surface area contributed by atoms with Gasteiger partial charge < -0.3 is 16.1 Å². The maximum Gasteiger partial charge on any atom is 0.237 e. The molecular weight excluding hydrogens is 407 g/mol. The number of amides is 2. The number of carbonyl (C=O) groups is 2. The molecule has 4 rings (SSSR count). The molecule has 0 unspecified atom stereocenters. The van der Waals surface area contributed by atoms with Crippen LogP contribution in [0, 0.1) is 5.82 Å². The number of nitrogen functional groups attached to an aromatic ring is 1. The fourth-order valence-corrected chi connectivity index (χ4v) is 4.08. The Hall–Kier alpha value is -3.40. The molecule has 0 spiro atoms. The number of thioether (sulfide) groups is 1. The Balaban J connectivity index is 1.54. The number of carbonyl (C=O) groups excluding carboxylic acids is 2. The zero-order chi connectivity index (χ0) is 21.3. The molecule has 0 saturated carbocycles. The number of halogens is 1. The third-order valence-corrected chi connectivity index (χ3v) is 5.66. The van der Waals surface area contributed by atoms with E-state index < -0.39 is 5.82 Å². The molecule has 0 bridgehead atoms. The van der Waals surface area contributed by atoms with Crippen molar-refractivity contribution in [2.24, 2.45) is 0 Å². The van der Waals surface area contributed by atoms with E-state index in [2.05, 4.69) is 15.5 Å². The molecule has 0 saturated heterocycles. The average Bonchev–Trinajstić information content (AvgIpc) is 3.01. The van der Waals surface area contributed by atoms with E-state index >= 15 is 0 Å². The highest BCUT2D eigenvalue weighted by Gasteiger charge is 2.29. The molecule has 3 aromatic rings. The van der Waals surface area contributed by atoms with Crippen LogP contribution in [0.15, 0.2) is 53.7 Å². The van der Waals surface area contributed by atoms with Gasteiger partial charge in [-0.2, -0.15) is 0 Å². The summed E-state index contributed by atoms with van der Waals surface area (Å²) in [5.41, 5.74) is 1.46. The predicted molar refractivity (Wildman–Crippen MR) is 113 cm³/mol. The van der Waals surface area contributed by atoms with Crippen molar-refractivity contribution in [3.8, 4) is 11.4 Å². The molecular formula is C20H19FN6O2S. The smallest absolute Gasteiger partial charge is 0.237 e. The van der Waals surface area contributed by atoms with Crippen LogP contribution in [-0.4, -0.2) is 38.5 Å². The van der Waals surface area contributed by atoms with Crippen molar-refractivity contribution in [3.05, 3.63) is 54.3 Å². The topological polar surface area (TPSA) is 106 Å². The fraction of sp³-hybridized carbons (Fsp3) is 0.200. The molecule has 3 N–H and O–H groups in total. The molecule has 0 fully saturated rings. The van der Waals surface area contributed by atoms with Gasteiger partial charge >= 0.3 is 0 Å². The second-order valence-corrected chi connectivity index (χ2v) is 7.77. The first kappa shape index (κ1) is 19.9. The molecule has 154 valence electrons. The van der Waals surface area contributed by atoms with Crippen molar-refractivity contribution < 1.29 is 14.0 Å². The normalized spacial score (nSPS) is 16.0. The summed E-state index contributed by atoms with van der Waals surface area (Å²) in [6.45, 7) is 1.83. The van der Waals surface area contributed by atoms with E-state index in [1.54, 1.807) is 41.3 Å². The molecule has 1 atom stereocenters. The number of para-hydroxylation sites is 2. The van der Waals surface area contributed by atoms with Gasteiger partial charge in [0.2, 0.25) is 17.0 Å². The number of nitrogens with one attached hydrogen (secondary N) is 1. The highest BCUT2D eigenvalue weighted by atomic mass is 32.2. The van der Waals surface area contributed by atoms with Gasteiger partial charge in [0.05, 0.1) is 22.7 Å². The second-order valence-electron chi connectivity index (χ2n) is 6.83. The summed E-state index contributed by atoms with van der Waals surface area (Å²) in [7, 11) is 0. The van der Waals surface area contributed by atoms with Gasteiger partial charge in [-0.25, -0.2) is 9.07 Å². The Bertz CT molecular complexity index is 1120. The quantitative estimate of drug-likeness (QED) is 0.491. The number of rotatable bonds is 4. The van der Waals surface area contributed by atoms with E-state index in [9.17, 15) is 14.0 Å². The van der Waals surface area contributed by atoms with Gasteiger partial charge in [-0.15, -0.1) is 10.2 Å². The van der Waals surface area contributed by atoms with Crippen LogP contribution in [0.5, 0.6) is 0 Å². The van der Waals surface area contributed by atoms with Crippen LogP contribution < -0.4 is 16.1 Å². The summed E-state index contributed by atoms with van der Waals surface area (Å²) in [4.78, 5) is 26.8. The van der Waals surface area contributed by atoms with Gasteiger partial charge in [-0.05, 0) is 31.2 Å². The zero-order valence-electron chi connectivity index (χ0n) is 16.1. The van der Waals surface area contributed by atoms with E-state index in [1.807, 2.05) is 13.0 Å². The predicted octanol–water partition coefficient (Wildman–Crippen LogP) is 2.65. The van der Waals surface area contributed by atoms with Crippen LogP contribution in [0.3, 0.4) is 0 Å². The first-order valence-corrected chi connectivity index (χ1v) is 10.2. The average molecular weight is 426 g/mol. The number of nitrogens with zero attached hydrogens (tertiary/aromatic N) is 4. The summed E-state index contributed by atoms with van der Waals surface area (Å²) >= 11 is 1.10. The Morgan fingerprint density at radius 3 is 2.77 bits per heavy atom. The van der Waals surface area contributed by atoms with E-state index in [0.717, 1.165) is 11.8 Å². The minimum atomic E-state index is -0.462. The maximum atomic E-state index is 14.0.